The highest BCUT2D eigenvalue weighted by atomic mass is 32.2. The molecule has 1 aromatic carbocycles. The Kier molecular flexibility index (Phi) is 4.79. The van der Waals surface area contributed by atoms with Crippen molar-refractivity contribution in [3.63, 3.8) is 0 Å². The third-order valence-electron chi connectivity index (χ3n) is 4.42. The summed E-state index contributed by atoms with van der Waals surface area (Å²) >= 11 is 0. The molecule has 0 unspecified atom stereocenters. The van der Waals surface area contributed by atoms with Crippen molar-refractivity contribution >= 4 is 27.0 Å². The summed E-state index contributed by atoms with van der Waals surface area (Å²) in [6.45, 7) is 2.61. The van der Waals surface area contributed by atoms with Gasteiger partial charge >= 0.3 is 0 Å². The van der Waals surface area contributed by atoms with E-state index >= 15 is 0 Å². The molecular weight excluding hydrogens is 347 g/mol. The third kappa shape index (κ3) is 4.16. The molecule has 2 heterocycles. The summed E-state index contributed by atoms with van der Waals surface area (Å²) in [7, 11) is -3.42. The predicted molar refractivity (Wildman–Crippen MR) is 92.0 cm³/mol. The number of hydrogen-bond acceptors (Lipinski definition) is 4. The number of hydrogen-bond donors (Lipinski definition) is 2. The fourth-order valence-corrected chi connectivity index (χ4v) is 3.96. The van der Waals surface area contributed by atoms with E-state index in [9.17, 15) is 17.6 Å². The molecule has 136 valence electrons. The van der Waals surface area contributed by atoms with Crippen LogP contribution in [0.4, 0.5) is 4.39 Å². The SMILES string of the molecule is C[C@@H](NS(C)(=O)=O)C(=O)N1CCC(c2nc3ccc(F)cc3[nH]2)CC1. The number of piperidine rings is 1. The zero-order chi connectivity index (χ0) is 18.2. The third-order valence-corrected chi connectivity index (χ3v) is 5.20. The number of nitrogens with one attached hydrogen (secondary N) is 2. The Balaban J connectivity index is 1.63. The largest absolute Gasteiger partial charge is 0.342 e. The number of likely N-dealkylation sites (tertiary alicyclic amines) is 1. The molecule has 0 saturated carbocycles. The Morgan fingerprint density at radius 2 is 2.08 bits per heavy atom. The Morgan fingerprint density at radius 3 is 2.72 bits per heavy atom. The van der Waals surface area contributed by atoms with Gasteiger partial charge in [-0.2, -0.15) is 0 Å². The van der Waals surface area contributed by atoms with E-state index in [0.29, 0.717) is 18.6 Å². The summed E-state index contributed by atoms with van der Waals surface area (Å²) in [6.07, 6.45) is 2.48. The van der Waals surface area contributed by atoms with Gasteiger partial charge in [0, 0.05) is 19.0 Å². The molecule has 7 nitrogen and oxygen atoms in total. The molecule has 25 heavy (non-hydrogen) atoms. The Labute approximate surface area is 145 Å². The van der Waals surface area contributed by atoms with Gasteiger partial charge in [-0.05, 0) is 38.0 Å². The fraction of sp³-hybridized carbons (Fsp3) is 0.500. The van der Waals surface area contributed by atoms with Gasteiger partial charge in [0.05, 0.1) is 23.3 Å². The molecule has 1 aliphatic rings. The van der Waals surface area contributed by atoms with E-state index in [1.165, 1.54) is 12.1 Å². The van der Waals surface area contributed by atoms with Crippen LogP contribution in [-0.2, 0) is 14.8 Å². The van der Waals surface area contributed by atoms with Crippen LogP contribution < -0.4 is 4.72 Å². The summed E-state index contributed by atoms with van der Waals surface area (Å²) in [4.78, 5) is 21.7. The van der Waals surface area contributed by atoms with Gasteiger partial charge in [-0.25, -0.2) is 22.5 Å². The lowest BCUT2D eigenvalue weighted by Gasteiger charge is -2.32. The number of H-pyrrole nitrogens is 1. The first-order chi connectivity index (χ1) is 11.7. The van der Waals surface area contributed by atoms with Crippen molar-refractivity contribution in [3.05, 3.63) is 29.8 Å². The molecule has 1 aromatic heterocycles. The highest BCUT2D eigenvalue weighted by Gasteiger charge is 2.29. The molecule has 2 N–H and O–H groups in total. The van der Waals surface area contributed by atoms with Gasteiger partial charge in [-0.15, -0.1) is 0 Å². The van der Waals surface area contributed by atoms with Crippen LogP contribution >= 0.6 is 0 Å². The highest BCUT2D eigenvalue weighted by Crippen LogP contribution is 2.28. The standard InChI is InChI=1S/C16H21FN4O3S/c1-10(20-25(2,23)24)16(22)21-7-5-11(6-8-21)15-18-13-4-3-12(17)9-14(13)19-15/h3-4,9-11,20H,5-8H2,1-2H3,(H,18,19)/t10-/m1/s1. The normalized spacial score (nSPS) is 17.8. The van der Waals surface area contributed by atoms with Gasteiger partial charge < -0.3 is 9.88 Å². The maximum Gasteiger partial charge on any atom is 0.240 e. The fourth-order valence-electron chi connectivity index (χ4n) is 3.21. The minimum atomic E-state index is -3.42. The van der Waals surface area contributed by atoms with E-state index in [1.54, 1.807) is 17.9 Å². The molecule has 1 aliphatic heterocycles. The Hall–Kier alpha value is -2.00. The van der Waals surface area contributed by atoms with E-state index in [0.717, 1.165) is 30.4 Å². The van der Waals surface area contributed by atoms with Gasteiger partial charge in [-0.1, -0.05) is 0 Å². The molecule has 0 radical (unpaired) electrons. The van der Waals surface area contributed by atoms with E-state index in [-0.39, 0.29) is 17.6 Å². The summed E-state index contributed by atoms with van der Waals surface area (Å²) < 4.78 is 38.1. The second-order valence-corrected chi connectivity index (χ2v) is 8.27. The van der Waals surface area contributed by atoms with Crippen molar-refractivity contribution in [1.82, 2.24) is 19.6 Å². The molecule has 1 atom stereocenters. The van der Waals surface area contributed by atoms with Gasteiger partial charge in [0.15, 0.2) is 0 Å². The van der Waals surface area contributed by atoms with Crippen LogP contribution in [0.3, 0.4) is 0 Å². The number of rotatable bonds is 4. The Bertz CT molecular complexity index is 888. The lowest BCUT2D eigenvalue weighted by molar-refractivity contribution is -0.133. The predicted octanol–water partition coefficient (Wildman–Crippen LogP) is 1.35. The van der Waals surface area contributed by atoms with Crippen molar-refractivity contribution in [1.29, 1.82) is 0 Å². The molecule has 0 bridgehead atoms. The summed E-state index contributed by atoms with van der Waals surface area (Å²) in [6, 6.07) is 3.66. The molecule has 1 fully saturated rings. The number of aromatic nitrogens is 2. The van der Waals surface area contributed by atoms with Crippen molar-refractivity contribution in [3.8, 4) is 0 Å². The number of sulfonamides is 1. The maximum atomic E-state index is 13.3. The molecule has 0 aliphatic carbocycles. The average molecular weight is 368 g/mol. The first-order valence-corrected chi connectivity index (χ1v) is 10.0. The first-order valence-electron chi connectivity index (χ1n) is 8.14. The zero-order valence-electron chi connectivity index (χ0n) is 14.1. The molecule has 3 rings (SSSR count). The molecule has 1 saturated heterocycles. The number of nitrogens with zero attached hydrogens (tertiary/aromatic N) is 2. The number of benzene rings is 1. The topological polar surface area (TPSA) is 95.2 Å². The summed E-state index contributed by atoms with van der Waals surface area (Å²) in [5.41, 5.74) is 1.39. The van der Waals surface area contributed by atoms with Crippen LogP contribution in [0.15, 0.2) is 18.2 Å². The Morgan fingerprint density at radius 1 is 1.40 bits per heavy atom. The van der Waals surface area contributed by atoms with E-state index in [4.69, 9.17) is 0 Å². The number of halogens is 1. The van der Waals surface area contributed by atoms with E-state index < -0.39 is 16.1 Å². The first kappa shape index (κ1) is 17.8. The minimum Gasteiger partial charge on any atom is -0.342 e. The minimum absolute atomic E-state index is 0.165. The molecule has 0 spiro atoms. The number of amides is 1. The highest BCUT2D eigenvalue weighted by molar-refractivity contribution is 7.88. The molecule has 1 amide bonds. The smallest absolute Gasteiger partial charge is 0.240 e. The van der Waals surface area contributed by atoms with E-state index in [1.807, 2.05) is 0 Å². The lowest BCUT2D eigenvalue weighted by Crippen LogP contribution is -2.48. The zero-order valence-corrected chi connectivity index (χ0v) is 14.9. The quantitative estimate of drug-likeness (QED) is 0.851. The maximum absolute atomic E-state index is 13.3. The molecule has 2 aromatic rings. The average Bonchev–Trinajstić information content (AvgIpc) is 2.95. The van der Waals surface area contributed by atoms with Crippen molar-refractivity contribution in [2.75, 3.05) is 19.3 Å². The second kappa shape index (κ2) is 6.72. The van der Waals surface area contributed by atoms with Gasteiger partial charge in [0.25, 0.3) is 0 Å². The summed E-state index contributed by atoms with van der Waals surface area (Å²) in [5, 5.41) is 0. The number of carbonyl (C=O) groups excluding carboxylic acids is 1. The summed E-state index contributed by atoms with van der Waals surface area (Å²) in [5.74, 6) is 0.429. The molecule has 9 heteroatoms. The second-order valence-electron chi connectivity index (χ2n) is 6.49. The van der Waals surface area contributed by atoms with Crippen molar-refractivity contribution in [2.45, 2.75) is 31.7 Å². The lowest BCUT2D eigenvalue weighted by atomic mass is 9.96. The van der Waals surface area contributed by atoms with Crippen LogP contribution in [-0.4, -0.2) is 54.6 Å². The number of imidazole rings is 1. The number of aromatic amines is 1. The van der Waals surface area contributed by atoms with Crippen molar-refractivity contribution < 1.29 is 17.6 Å². The van der Waals surface area contributed by atoms with Crippen LogP contribution in [0.1, 0.15) is 31.5 Å². The van der Waals surface area contributed by atoms with Crippen LogP contribution in [0, 0.1) is 5.82 Å². The van der Waals surface area contributed by atoms with Crippen LogP contribution in [0.2, 0.25) is 0 Å². The monoisotopic (exact) mass is 368 g/mol. The van der Waals surface area contributed by atoms with Crippen LogP contribution in [0.5, 0.6) is 0 Å². The van der Waals surface area contributed by atoms with Gasteiger partial charge in [-0.3, -0.25) is 4.79 Å². The van der Waals surface area contributed by atoms with Gasteiger partial charge in [0.2, 0.25) is 15.9 Å². The van der Waals surface area contributed by atoms with E-state index in [2.05, 4.69) is 14.7 Å². The van der Waals surface area contributed by atoms with Crippen LogP contribution in [0.25, 0.3) is 11.0 Å². The number of carbonyl (C=O) groups is 1. The van der Waals surface area contributed by atoms with Gasteiger partial charge in [0.1, 0.15) is 11.6 Å². The van der Waals surface area contributed by atoms with Crippen molar-refractivity contribution in [2.24, 2.45) is 0 Å². The number of fused-ring (bicyclic) bond motifs is 1. The molecular formula is C16H21FN4O3S.